The van der Waals surface area contributed by atoms with Gasteiger partial charge < -0.3 is 0 Å². The molecule has 118 valence electrons. The molecule has 0 spiro atoms. The van der Waals surface area contributed by atoms with E-state index in [1.807, 2.05) is 19.6 Å². The molecule has 2 nitrogen and oxygen atoms in total. The molecule has 0 unspecified atom stereocenters. The molecule has 0 aromatic carbocycles. The molecule has 0 fully saturated rings. The molecule has 0 aromatic rings. The van der Waals surface area contributed by atoms with Crippen LogP contribution in [0, 0.1) is 0 Å². The van der Waals surface area contributed by atoms with Crippen LogP contribution in [0.3, 0.4) is 0 Å². The summed E-state index contributed by atoms with van der Waals surface area (Å²) in [7, 11) is -1.86. The van der Waals surface area contributed by atoms with Crippen molar-refractivity contribution in [3.63, 3.8) is 0 Å². The van der Waals surface area contributed by atoms with Crippen molar-refractivity contribution < 1.29 is 24.7 Å². The molecule has 0 radical (unpaired) electrons. The number of hydrogen-bond acceptors (Lipinski definition) is 2. The Labute approximate surface area is 172 Å². The molecule has 0 aliphatic carbocycles. The Morgan fingerprint density at radius 3 is 1.20 bits per heavy atom. The van der Waals surface area contributed by atoms with Crippen molar-refractivity contribution in [3.05, 3.63) is 0 Å². The molecule has 0 amide bonds. The number of alkyl halides is 9. The first kappa shape index (κ1) is 23.4. The first-order chi connectivity index (χ1) is 8.46. The standard InChI is InChI=1S/C4Cl9O.C3H9OSi.Zn/c5-2(6,7)1(14,3(8,9)10)4(11,12)13;1-5(2,3)4;/h;1-3H3;/q2*-1;+2. The van der Waals surface area contributed by atoms with Gasteiger partial charge in [-0.1, -0.05) is 0 Å². The van der Waals surface area contributed by atoms with Gasteiger partial charge in [-0.3, -0.25) is 0 Å². The SMILES string of the molecule is C[Si](C)(C)[O][Zn][O]C(C(Cl)(Cl)Cl)(C(Cl)(Cl)Cl)C(Cl)(Cl)Cl. The Morgan fingerprint density at radius 2 is 1.00 bits per heavy atom. The second-order valence-corrected chi connectivity index (χ2v) is 19.0. The van der Waals surface area contributed by atoms with Crippen LogP contribution in [0.15, 0.2) is 0 Å². The first-order valence-corrected chi connectivity index (χ1v) is 14.2. The summed E-state index contributed by atoms with van der Waals surface area (Å²) >= 11 is 50.5. The third-order valence-electron chi connectivity index (χ3n) is 1.96. The zero-order valence-corrected chi connectivity index (χ0v) is 21.2. The zero-order chi connectivity index (χ0) is 16.6. The molecule has 0 rings (SSSR count). The van der Waals surface area contributed by atoms with E-state index in [0.717, 1.165) is 0 Å². The van der Waals surface area contributed by atoms with Crippen molar-refractivity contribution in [1.82, 2.24) is 0 Å². The van der Waals surface area contributed by atoms with Crippen LogP contribution in [0.2, 0.25) is 19.6 Å². The van der Waals surface area contributed by atoms with Gasteiger partial charge in [0.2, 0.25) is 0 Å². The molecule has 0 saturated carbocycles. The van der Waals surface area contributed by atoms with Crippen LogP contribution in [0.1, 0.15) is 0 Å². The van der Waals surface area contributed by atoms with Crippen molar-refractivity contribution in [1.29, 1.82) is 0 Å². The minimum atomic E-state index is -2.31. The molecule has 0 heterocycles. The molecular weight excluding hydrogens is 529 g/mol. The van der Waals surface area contributed by atoms with E-state index in [2.05, 4.69) is 0 Å². The zero-order valence-electron chi connectivity index (χ0n) is 10.4. The van der Waals surface area contributed by atoms with Gasteiger partial charge in [-0.2, -0.15) is 0 Å². The molecule has 0 bridgehead atoms. The van der Waals surface area contributed by atoms with Gasteiger partial charge in [-0.05, 0) is 0 Å². The van der Waals surface area contributed by atoms with Crippen LogP contribution >= 0.6 is 104 Å². The third-order valence-corrected chi connectivity index (χ3v) is 12.7. The summed E-state index contributed by atoms with van der Waals surface area (Å²) in [5.74, 6) is 0. The molecular formula is C7H9Cl9O2SiZn. The maximum absolute atomic E-state index is 5.86. The van der Waals surface area contributed by atoms with E-state index in [0.29, 0.717) is 0 Å². The fraction of sp³-hybridized carbons (Fsp3) is 1.00. The van der Waals surface area contributed by atoms with Crippen LogP contribution in [0.4, 0.5) is 0 Å². The molecule has 0 N–H and O–H groups in total. The summed E-state index contributed by atoms with van der Waals surface area (Å²) in [6, 6.07) is 0. The average Bonchev–Trinajstić information content (AvgIpc) is 2.03. The minimum absolute atomic E-state index is 1.86. The first-order valence-electron chi connectivity index (χ1n) is 4.94. The molecule has 0 saturated heterocycles. The number of rotatable bonds is 4. The van der Waals surface area contributed by atoms with Crippen LogP contribution in [-0.2, 0) is 24.7 Å². The summed E-state index contributed by atoms with van der Waals surface area (Å²) in [5, 5.41) is 0. The molecule has 13 heteroatoms. The van der Waals surface area contributed by atoms with E-state index >= 15 is 0 Å². The quantitative estimate of drug-likeness (QED) is 0.297. The van der Waals surface area contributed by atoms with Gasteiger partial charge in [0.25, 0.3) is 0 Å². The Hall–Kier alpha value is 3.37. The maximum atomic E-state index is 5.86. The van der Waals surface area contributed by atoms with E-state index in [1.54, 1.807) is 0 Å². The molecule has 0 aliphatic rings. The fourth-order valence-electron chi connectivity index (χ4n) is 1.02. The second-order valence-electron chi connectivity index (χ2n) is 4.69. The average molecular weight is 538 g/mol. The van der Waals surface area contributed by atoms with E-state index in [-0.39, 0.29) is 0 Å². The van der Waals surface area contributed by atoms with Gasteiger partial charge in [0.15, 0.2) is 0 Å². The fourth-order valence-corrected chi connectivity index (χ4v) is 11.8. The van der Waals surface area contributed by atoms with Gasteiger partial charge in [-0.25, -0.2) is 0 Å². The molecule has 0 aromatic heterocycles. The van der Waals surface area contributed by atoms with Crippen LogP contribution in [0.25, 0.3) is 0 Å². The van der Waals surface area contributed by atoms with Crippen molar-refractivity contribution >= 4 is 113 Å². The predicted molar refractivity (Wildman–Crippen MR) is 89.1 cm³/mol. The van der Waals surface area contributed by atoms with Crippen LogP contribution in [-0.4, -0.2) is 25.3 Å². The van der Waals surface area contributed by atoms with Gasteiger partial charge in [0.05, 0.1) is 0 Å². The summed E-state index contributed by atoms with van der Waals surface area (Å²) < 4.78 is 4.23. The normalized spacial score (nSPS) is 15.2. The van der Waals surface area contributed by atoms with Crippen molar-refractivity contribution in [2.45, 2.75) is 36.6 Å². The number of halogens is 9. The Balaban J connectivity index is 5.58. The van der Waals surface area contributed by atoms with Gasteiger partial charge >= 0.3 is 174 Å². The summed E-state index contributed by atoms with van der Waals surface area (Å²) in [5.41, 5.74) is -2.30. The van der Waals surface area contributed by atoms with Gasteiger partial charge in [0.1, 0.15) is 0 Å². The second kappa shape index (κ2) is 7.72. The molecule has 20 heavy (non-hydrogen) atoms. The van der Waals surface area contributed by atoms with Crippen molar-refractivity contribution in [2.75, 3.05) is 0 Å². The molecule has 0 atom stereocenters. The van der Waals surface area contributed by atoms with Crippen molar-refractivity contribution in [2.24, 2.45) is 0 Å². The predicted octanol–water partition coefficient (Wildman–Crippen LogP) is 6.62. The molecule has 0 aliphatic heterocycles. The Bertz CT molecular complexity index is 293. The van der Waals surface area contributed by atoms with E-state index < -0.39 is 43.1 Å². The Morgan fingerprint density at radius 1 is 0.700 bits per heavy atom. The topological polar surface area (TPSA) is 18.5 Å². The summed E-state index contributed by atoms with van der Waals surface area (Å²) in [6.07, 6.45) is 0. The van der Waals surface area contributed by atoms with Crippen LogP contribution < -0.4 is 0 Å². The number of hydrogen-bond donors (Lipinski definition) is 0. The Kier molecular flexibility index (Phi) is 9.02. The van der Waals surface area contributed by atoms with E-state index in [1.165, 1.54) is 0 Å². The monoisotopic (exact) mass is 532 g/mol. The van der Waals surface area contributed by atoms with Crippen LogP contribution in [0.5, 0.6) is 0 Å². The van der Waals surface area contributed by atoms with Gasteiger partial charge in [0, 0.05) is 0 Å². The summed E-state index contributed by atoms with van der Waals surface area (Å²) in [6.45, 7) is 5.84. The van der Waals surface area contributed by atoms with Gasteiger partial charge in [-0.15, -0.1) is 0 Å². The third kappa shape index (κ3) is 6.02. The van der Waals surface area contributed by atoms with Crippen molar-refractivity contribution in [3.8, 4) is 0 Å². The van der Waals surface area contributed by atoms with E-state index in [4.69, 9.17) is 111 Å². The summed E-state index contributed by atoms with van der Waals surface area (Å²) in [4.78, 5) is 0. The van der Waals surface area contributed by atoms with E-state index in [9.17, 15) is 0 Å².